The van der Waals surface area contributed by atoms with E-state index in [9.17, 15) is 19.2 Å². The first kappa shape index (κ1) is 21.7. The Bertz CT molecular complexity index is 1340. The third-order valence-corrected chi connectivity index (χ3v) is 5.23. The van der Waals surface area contributed by atoms with Gasteiger partial charge in [0.1, 0.15) is 23.3 Å². The van der Waals surface area contributed by atoms with Crippen molar-refractivity contribution in [3.8, 4) is 6.07 Å². The van der Waals surface area contributed by atoms with Crippen LogP contribution in [0.1, 0.15) is 40.0 Å². The van der Waals surface area contributed by atoms with E-state index in [1.54, 1.807) is 30.3 Å². The average molecular weight is 438 g/mol. The Morgan fingerprint density at radius 3 is 2.27 bits per heavy atom. The molecule has 4 rings (SSSR count). The molecule has 3 aromatic carbocycles. The van der Waals surface area contributed by atoms with Crippen molar-refractivity contribution in [2.75, 3.05) is 0 Å². The third-order valence-electron chi connectivity index (χ3n) is 5.23. The van der Waals surface area contributed by atoms with E-state index in [2.05, 4.69) is 15.6 Å². The molecule has 0 fully saturated rings. The highest BCUT2D eigenvalue weighted by molar-refractivity contribution is 6.20. The van der Waals surface area contributed by atoms with Crippen LogP contribution in [0, 0.1) is 17.1 Å². The molecule has 0 spiro atoms. The van der Waals surface area contributed by atoms with E-state index >= 15 is 0 Å². The Morgan fingerprint density at radius 2 is 1.58 bits per heavy atom. The summed E-state index contributed by atoms with van der Waals surface area (Å²) in [6.45, 7) is 1.82. The lowest BCUT2D eigenvalue weighted by Crippen LogP contribution is -2.31. The van der Waals surface area contributed by atoms with Gasteiger partial charge in [-0.1, -0.05) is 66.7 Å². The van der Waals surface area contributed by atoms with Crippen LogP contribution in [0.3, 0.4) is 0 Å². The van der Waals surface area contributed by atoms with Gasteiger partial charge in [0.25, 0.3) is 11.8 Å². The first-order chi connectivity index (χ1) is 16.0. The number of aliphatic imine (C=N–C) groups is 1. The lowest BCUT2D eigenvalue weighted by molar-refractivity contribution is -0.117. The van der Waals surface area contributed by atoms with E-state index in [1.807, 2.05) is 43.3 Å². The number of amides is 2. The fourth-order valence-electron chi connectivity index (χ4n) is 3.54. The molecule has 0 radical (unpaired) electrons. The predicted molar refractivity (Wildman–Crippen MR) is 122 cm³/mol. The Morgan fingerprint density at radius 1 is 0.939 bits per heavy atom. The molecule has 7 heteroatoms. The topological polar surface area (TPSA) is 94.3 Å². The van der Waals surface area contributed by atoms with Crippen LogP contribution in [0.4, 0.5) is 4.39 Å². The normalized spacial score (nSPS) is 14.4. The molecule has 1 atom stereocenters. The number of rotatable bonds is 4. The summed E-state index contributed by atoms with van der Waals surface area (Å²) < 4.78 is 14.0. The second-order valence-corrected chi connectivity index (χ2v) is 7.38. The molecule has 2 N–H and O–H groups in total. The molecule has 0 aliphatic carbocycles. The molecule has 162 valence electrons. The number of nitriles is 1. The highest BCUT2D eigenvalue weighted by Crippen LogP contribution is 2.31. The summed E-state index contributed by atoms with van der Waals surface area (Å²) in [6.07, 6.45) is 0. The average Bonchev–Trinajstić information content (AvgIpc) is 3.18. The van der Waals surface area contributed by atoms with Gasteiger partial charge in [0.2, 0.25) is 0 Å². The number of fused-ring (bicyclic) bond motifs is 1. The maximum absolute atomic E-state index is 14.0. The van der Waals surface area contributed by atoms with Gasteiger partial charge >= 0.3 is 0 Å². The van der Waals surface area contributed by atoms with Crippen LogP contribution in [0.15, 0.2) is 89.4 Å². The van der Waals surface area contributed by atoms with Crippen molar-refractivity contribution >= 4 is 23.3 Å². The van der Waals surface area contributed by atoms with Crippen molar-refractivity contribution < 1.29 is 14.0 Å². The highest BCUT2D eigenvalue weighted by atomic mass is 19.1. The number of nitrogens with zero attached hydrogens (tertiary/aromatic N) is 2. The van der Waals surface area contributed by atoms with E-state index in [1.165, 1.54) is 18.2 Å². The van der Waals surface area contributed by atoms with Crippen LogP contribution in [0.25, 0.3) is 5.70 Å². The molecular formula is C26H19FN4O2. The zero-order chi connectivity index (χ0) is 23.4. The van der Waals surface area contributed by atoms with Crippen LogP contribution < -0.4 is 10.6 Å². The number of nitrogens with one attached hydrogen (secondary N) is 2. The van der Waals surface area contributed by atoms with Crippen molar-refractivity contribution in [1.29, 1.82) is 5.26 Å². The number of carbonyl (C=O) groups excluding carboxylic acids is 2. The van der Waals surface area contributed by atoms with Crippen LogP contribution in [-0.4, -0.2) is 17.6 Å². The van der Waals surface area contributed by atoms with Crippen molar-refractivity contribution in [3.05, 3.63) is 113 Å². The van der Waals surface area contributed by atoms with E-state index in [0.29, 0.717) is 11.1 Å². The number of hydrogen-bond donors (Lipinski definition) is 2. The minimum atomic E-state index is -0.677. The number of amidine groups is 1. The van der Waals surface area contributed by atoms with Crippen LogP contribution >= 0.6 is 0 Å². The second-order valence-electron chi connectivity index (χ2n) is 7.38. The van der Waals surface area contributed by atoms with Gasteiger partial charge in [-0.15, -0.1) is 0 Å². The van der Waals surface area contributed by atoms with Gasteiger partial charge in [0, 0.05) is 11.1 Å². The molecule has 1 heterocycles. The maximum Gasteiger partial charge on any atom is 0.264 e. The Hall–Kier alpha value is -4.57. The van der Waals surface area contributed by atoms with Gasteiger partial charge < -0.3 is 10.6 Å². The predicted octanol–water partition coefficient (Wildman–Crippen LogP) is 4.13. The Balaban J connectivity index is 1.67. The Labute approximate surface area is 190 Å². The number of carbonyl (C=O) groups is 2. The first-order valence-corrected chi connectivity index (χ1v) is 10.2. The molecule has 3 aromatic rings. The molecule has 1 aliphatic heterocycles. The van der Waals surface area contributed by atoms with Crippen LogP contribution in [-0.2, 0) is 4.79 Å². The molecular weight excluding hydrogens is 419 g/mol. The molecule has 1 aliphatic rings. The number of halogens is 1. The van der Waals surface area contributed by atoms with Crippen LogP contribution in [0.5, 0.6) is 0 Å². The summed E-state index contributed by atoms with van der Waals surface area (Å²) in [5.41, 5.74) is 1.79. The number of hydrogen-bond acceptors (Lipinski definition) is 4. The molecule has 0 saturated carbocycles. The van der Waals surface area contributed by atoms with Gasteiger partial charge in [-0.2, -0.15) is 5.26 Å². The van der Waals surface area contributed by atoms with Crippen molar-refractivity contribution in [3.63, 3.8) is 0 Å². The molecule has 0 bridgehead atoms. The van der Waals surface area contributed by atoms with E-state index in [4.69, 9.17) is 0 Å². The SMILES string of the molecule is C[C@@H](NC(=O)/C(C#N)=C1\N=C(NC(=O)c2ccccc2F)c2ccccc21)c1ccccc1. The van der Waals surface area contributed by atoms with Crippen molar-refractivity contribution in [2.24, 2.45) is 4.99 Å². The molecule has 0 aromatic heterocycles. The fourth-order valence-corrected chi connectivity index (χ4v) is 3.54. The van der Waals surface area contributed by atoms with E-state index in [-0.39, 0.29) is 28.7 Å². The molecule has 0 unspecified atom stereocenters. The number of benzene rings is 3. The standard InChI is InChI=1S/C26H19FN4O2/c1-16(17-9-3-2-4-10-17)29-26(33)21(15-28)23-18-11-5-6-12-19(18)24(30-23)31-25(32)20-13-7-8-14-22(20)27/h2-14,16H,1H3,(H,29,33)(H,30,31,32)/b23-21-/t16-/m1/s1. The summed E-state index contributed by atoms with van der Waals surface area (Å²) in [5, 5.41) is 15.2. The second kappa shape index (κ2) is 9.28. The molecule has 6 nitrogen and oxygen atoms in total. The molecule has 2 amide bonds. The van der Waals surface area contributed by atoms with E-state index < -0.39 is 17.6 Å². The zero-order valence-electron chi connectivity index (χ0n) is 17.7. The quantitative estimate of drug-likeness (QED) is 0.474. The largest absolute Gasteiger partial charge is 0.345 e. The minimum absolute atomic E-state index is 0.134. The third kappa shape index (κ3) is 4.41. The summed E-state index contributed by atoms with van der Waals surface area (Å²) in [5.74, 6) is -1.78. The minimum Gasteiger partial charge on any atom is -0.345 e. The molecule has 33 heavy (non-hydrogen) atoms. The summed E-state index contributed by atoms with van der Waals surface area (Å²) in [4.78, 5) is 30.0. The lowest BCUT2D eigenvalue weighted by Gasteiger charge is -2.14. The highest BCUT2D eigenvalue weighted by Gasteiger charge is 2.28. The summed E-state index contributed by atoms with van der Waals surface area (Å²) in [7, 11) is 0. The smallest absolute Gasteiger partial charge is 0.264 e. The van der Waals surface area contributed by atoms with Gasteiger partial charge in [-0.3, -0.25) is 9.59 Å². The molecule has 0 saturated heterocycles. The Kier molecular flexibility index (Phi) is 6.09. The monoisotopic (exact) mass is 438 g/mol. The van der Waals surface area contributed by atoms with Gasteiger partial charge in [-0.05, 0) is 24.6 Å². The van der Waals surface area contributed by atoms with Crippen molar-refractivity contribution in [1.82, 2.24) is 10.6 Å². The van der Waals surface area contributed by atoms with Gasteiger partial charge in [0.05, 0.1) is 17.3 Å². The first-order valence-electron chi connectivity index (χ1n) is 10.2. The maximum atomic E-state index is 14.0. The zero-order valence-corrected chi connectivity index (χ0v) is 17.7. The lowest BCUT2D eigenvalue weighted by atomic mass is 10.0. The van der Waals surface area contributed by atoms with Gasteiger partial charge in [0.15, 0.2) is 0 Å². The van der Waals surface area contributed by atoms with Crippen LogP contribution in [0.2, 0.25) is 0 Å². The summed E-state index contributed by atoms with van der Waals surface area (Å²) in [6, 6.07) is 23.5. The van der Waals surface area contributed by atoms with E-state index in [0.717, 1.165) is 5.56 Å². The summed E-state index contributed by atoms with van der Waals surface area (Å²) >= 11 is 0. The fraction of sp³-hybridized carbons (Fsp3) is 0.0769. The van der Waals surface area contributed by atoms with Gasteiger partial charge in [-0.25, -0.2) is 9.38 Å². The van der Waals surface area contributed by atoms with Crippen molar-refractivity contribution in [2.45, 2.75) is 13.0 Å².